The number of aliphatic hydroxyl groups is 2. The van der Waals surface area contributed by atoms with Crippen LogP contribution in [0.1, 0.15) is 151 Å². The van der Waals surface area contributed by atoms with Gasteiger partial charge in [-0.25, -0.2) is 9.59 Å². The molecular formula is C47H72BO13-. The van der Waals surface area contributed by atoms with Gasteiger partial charge >= 0.3 is 18.9 Å². The van der Waals surface area contributed by atoms with Crippen LogP contribution in [-0.2, 0) is 52.0 Å². The number of cyclic esters (lactones) is 2. The lowest BCUT2D eigenvalue weighted by Crippen LogP contribution is -2.58. The van der Waals surface area contributed by atoms with Gasteiger partial charge in [0.25, 0.3) is 0 Å². The Morgan fingerprint density at radius 1 is 0.590 bits per heavy atom. The number of ether oxygens (including phenoxy) is 3. The molecule has 3 spiro atoms. The van der Waals surface area contributed by atoms with Gasteiger partial charge in [0, 0.05) is 30.6 Å². The van der Waals surface area contributed by atoms with Gasteiger partial charge in [0.05, 0.1) is 36.1 Å². The Labute approximate surface area is 362 Å². The first-order chi connectivity index (χ1) is 29.1. The van der Waals surface area contributed by atoms with Crippen LogP contribution in [0.15, 0.2) is 36.5 Å². The molecule has 342 valence electrons. The number of esters is 2. The van der Waals surface area contributed by atoms with Gasteiger partial charge in [-0.3, -0.25) is 9.59 Å². The molecule has 6 rings (SSSR count). The van der Waals surface area contributed by atoms with Crippen molar-refractivity contribution >= 4 is 30.5 Å². The lowest BCUT2D eigenvalue weighted by atomic mass is 9.65. The van der Waals surface area contributed by atoms with Gasteiger partial charge in [-0.1, -0.05) is 70.6 Å². The second-order valence-corrected chi connectivity index (χ2v) is 19.2. The smallest absolute Gasteiger partial charge is 0.511 e. The highest BCUT2D eigenvalue weighted by atomic mass is 17.0. The number of rotatable bonds is 0. The van der Waals surface area contributed by atoms with E-state index in [-0.39, 0.29) is 42.7 Å². The monoisotopic (exact) mass is 856 g/mol. The van der Waals surface area contributed by atoms with Crippen molar-refractivity contribution in [1.82, 2.24) is 0 Å². The predicted molar refractivity (Wildman–Crippen MR) is 227 cm³/mol. The van der Waals surface area contributed by atoms with Gasteiger partial charge in [0.1, 0.15) is 17.7 Å². The number of carbonyl (C=O) groups is 4. The first kappa shape index (κ1) is 47.8. The summed E-state index contributed by atoms with van der Waals surface area (Å²) in [5, 5.41) is 21.8. The predicted octanol–water partition coefficient (Wildman–Crippen LogP) is 7.31. The first-order valence-electron chi connectivity index (χ1n) is 23.4. The van der Waals surface area contributed by atoms with Gasteiger partial charge in [-0.15, -0.1) is 0 Å². The number of carbonyl (C=O) groups excluding carboxylic acids is 4. The van der Waals surface area contributed by atoms with Crippen molar-refractivity contribution in [3.63, 3.8) is 0 Å². The average Bonchev–Trinajstić information content (AvgIpc) is 3.70. The fourth-order valence-electron chi connectivity index (χ4n) is 10.4. The molecule has 0 aromatic heterocycles. The van der Waals surface area contributed by atoms with Crippen LogP contribution in [0, 0.1) is 29.6 Å². The molecule has 4 fully saturated rings. The molecule has 13 nitrogen and oxygen atoms in total. The Kier molecular flexibility index (Phi) is 16.3. The van der Waals surface area contributed by atoms with Gasteiger partial charge in [-0.05, 0) is 116 Å². The molecule has 5 heterocycles. The first-order valence-corrected chi connectivity index (χ1v) is 23.4. The molecule has 0 radical (unpaired) electrons. The van der Waals surface area contributed by atoms with Crippen LogP contribution in [-0.4, -0.2) is 94.8 Å². The highest BCUT2D eigenvalue weighted by molar-refractivity contribution is 6.56. The summed E-state index contributed by atoms with van der Waals surface area (Å²) in [6.07, 6.45) is 14.6. The molecule has 15 atom stereocenters. The molecular weight excluding hydrogens is 783 g/mol. The standard InChI is InChI=1S/C47H72BO13/c1-30-23-25-36-29-46(30)42-44(53)55-32(3)19-15-11-7-10-14-18-22-38(50)28-40(52)35(6)41-26-24-31(2)47(57-41)43(59-48(58-42,60-46)61-47)45(54)56-33(4)20-16-12-8-9-13-17-21-37(49)27-39(51)34(36)5/h7-9,11-13,30-38,41-43,49-50H,10,14-29H2,1-6H3/q-1/b11-7-,12-8-,13-9+/t30-,31-,32?,33?,34?,35?,36-,37?,38?,41+,42?,43?,46+,47+,48?/m1/s1. The summed E-state index contributed by atoms with van der Waals surface area (Å²) in [5.74, 6) is -5.61. The van der Waals surface area contributed by atoms with Crippen molar-refractivity contribution in [2.75, 3.05) is 0 Å². The Morgan fingerprint density at radius 2 is 1.16 bits per heavy atom. The molecule has 0 amide bonds. The Bertz CT molecular complexity index is 1630. The highest BCUT2D eigenvalue weighted by Crippen LogP contribution is 2.57. The molecule has 7 bridgehead atoms. The molecule has 14 heteroatoms. The number of aliphatic hydroxyl groups excluding tert-OH is 2. The van der Waals surface area contributed by atoms with Crippen molar-refractivity contribution < 1.29 is 62.2 Å². The zero-order chi connectivity index (χ0) is 44.0. The Morgan fingerprint density at radius 3 is 1.87 bits per heavy atom. The summed E-state index contributed by atoms with van der Waals surface area (Å²) in [6.45, 7) is 7.78. The zero-order valence-corrected chi connectivity index (χ0v) is 37.4. The van der Waals surface area contributed by atoms with Crippen LogP contribution in [0.3, 0.4) is 0 Å². The Balaban J connectivity index is 1.42. The van der Waals surface area contributed by atoms with Gasteiger partial charge in [0.2, 0.25) is 0 Å². The van der Waals surface area contributed by atoms with Crippen molar-refractivity contribution in [2.24, 2.45) is 29.6 Å². The summed E-state index contributed by atoms with van der Waals surface area (Å²) in [4.78, 5) is 56.7. The molecule has 5 aliphatic heterocycles. The molecule has 3 saturated heterocycles. The van der Waals surface area contributed by atoms with Gasteiger partial charge in [-0.2, -0.15) is 0 Å². The summed E-state index contributed by atoms with van der Waals surface area (Å²) >= 11 is 0. The second kappa shape index (κ2) is 20.9. The van der Waals surface area contributed by atoms with E-state index in [2.05, 4.69) is 12.2 Å². The zero-order valence-electron chi connectivity index (χ0n) is 37.4. The van der Waals surface area contributed by atoms with E-state index in [1.807, 2.05) is 52.0 Å². The maximum atomic E-state index is 14.6. The third-order valence-corrected chi connectivity index (χ3v) is 14.5. The third kappa shape index (κ3) is 11.2. The average molecular weight is 856 g/mol. The minimum absolute atomic E-state index is 0.0132. The van der Waals surface area contributed by atoms with E-state index in [4.69, 9.17) is 32.8 Å². The van der Waals surface area contributed by atoms with Crippen molar-refractivity contribution in [2.45, 2.75) is 205 Å². The summed E-state index contributed by atoms with van der Waals surface area (Å²) in [7, 11) is 0. The number of Topliss-reactive ketones (excluding diaryl/α,β-unsaturated/α-hetero) is 2. The van der Waals surface area contributed by atoms with Gasteiger partial charge in [0.15, 0.2) is 11.9 Å². The fourth-order valence-corrected chi connectivity index (χ4v) is 10.4. The number of hydrogen-bond donors (Lipinski definition) is 2. The lowest BCUT2D eigenvalue weighted by molar-refractivity contribution is -0.286. The molecule has 6 aliphatic rings. The lowest BCUT2D eigenvalue weighted by Gasteiger charge is -2.50. The molecule has 9 unspecified atom stereocenters. The quantitative estimate of drug-likeness (QED) is 0.141. The molecule has 61 heavy (non-hydrogen) atoms. The maximum absolute atomic E-state index is 14.6. The van der Waals surface area contributed by atoms with E-state index in [9.17, 15) is 29.4 Å². The van der Waals surface area contributed by atoms with Crippen LogP contribution in [0.25, 0.3) is 0 Å². The molecule has 0 aromatic rings. The SMILES string of the molecule is CC1CC/C=C\C=C\CCC(O)CC(=O)C(C)[C@@H]2CC[C@@H](C)[C@]3(C2)O[B-]24OC(C(=O)O1)[C@@]1(O[C@@H](CC[C@H]1C)C(C)C(=O)CC(O)CCCC/C=C\CCC(C)OC(=O)C3O2)O4. The third-order valence-electron chi connectivity index (χ3n) is 14.5. The molecule has 1 aliphatic carbocycles. The molecule has 2 N–H and O–H groups in total. The normalized spacial score (nSPS) is 45.9. The van der Waals surface area contributed by atoms with Crippen LogP contribution < -0.4 is 0 Å². The molecule has 1 saturated carbocycles. The van der Waals surface area contributed by atoms with E-state index in [1.165, 1.54) is 0 Å². The van der Waals surface area contributed by atoms with E-state index >= 15 is 0 Å². The van der Waals surface area contributed by atoms with Crippen molar-refractivity contribution in [3.05, 3.63) is 36.5 Å². The van der Waals surface area contributed by atoms with E-state index in [0.717, 1.165) is 19.3 Å². The summed E-state index contributed by atoms with van der Waals surface area (Å²) < 4.78 is 46.4. The number of hydrogen-bond acceptors (Lipinski definition) is 13. The van der Waals surface area contributed by atoms with Crippen LogP contribution in [0.4, 0.5) is 0 Å². The fraction of sp³-hybridized carbons (Fsp3) is 0.787. The van der Waals surface area contributed by atoms with E-state index in [1.54, 1.807) is 13.8 Å². The minimum Gasteiger partial charge on any atom is -0.511 e. The second-order valence-electron chi connectivity index (χ2n) is 19.2. The molecule has 0 aromatic carbocycles. The van der Waals surface area contributed by atoms with Crippen LogP contribution >= 0.6 is 0 Å². The van der Waals surface area contributed by atoms with Crippen LogP contribution in [0.5, 0.6) is 0 Å². The highest BCUT2D eigenvalue weighted by Gasteiger charge is 2.71. The number of allylic oxidation sites excluding steroid dienone is 6. The number of ketones is 2. The van der Waals surface area contributed by atoms with Crippen molar-refractivity contribution in [1.29, 1.82) is 0 Å². The maximum Gasteiger partial charge on any atom is 0.535 e. The minimum atomic E-state index is -3.38. The summed E-state index contributed by atoms with van der Waals surface area (Å²) in [6, 6.07) is 0. The largest absolute Gasteiger partial charge is 0.535 e. The van der Waals surface area contributed by atoms with E-state index < -0.39 is 90.8 Å². The van der Waals surface area contributed by atoms with Gasteiger partial charge < -0.3 is 43.0 Å². The topological polar surface area (TPSA) is 173 Å². The van der Waals surface area contributed by atoms with Crippen LogP contribution in [0.2, 0.25) is 0 Å². The van der Waals surface area contributed by atoms with E-state index in [0.29, 0.717) is 70.6 Å². The van der Waals surface area contributed by atoms with Crippen molar-refractivity contribution in [3.8, 4) is 0 Å². The Hall–Kier alpha value is -2.72. The number of fused-ring (bicyclic) bond motifs is 4. The summed E-state index contributed by atoms with van der Waals surface area (Å²) in [5.41, 5.74) is -1.39.